The van der Waals surface area contributed by atoms with E-state index in [-0.39, 0.29) is 5.91 Å². The molecule has 106 valence electrons. The molecule has 1 aromatic rings. The van der Waals surface area contributed by atoms with Crippen molar-refractivity contribution in [1.82, 2.24) is 20.2 Å². The number of nitrogen functional groups attached to an aromatic ring is 1. The van der Waals surface area contributed by atoms with Gasteiger partial charge in [0.25, 0.3) is 0 Å². The molecule has 1 saturated carbocycles. The monoisotopic (exact) mass is 283 g/mol. The van der Waals surface area contributed by atoms with E-state index in [0.717, 1.165) is 6.42 Å². The summed E-state index contributed by atoms with van der Waals surface area (Å²) < 4.78 is 1.32. The van der Waals surface area contributed by atoms with Crippen molar-refractivity contribution in [2.75, 3.05) is 11.6 Å². The van der Waals surface area contributed by atoms with Crippen LogP contribution in [0.4, 0.5) is 0 Å². The molecule has 1 amide bonds. The third kappa shape index (κ3) is 3.62. The highest BCUT2D eigenvalue weighted by Gasteiger charge is 2.28. The van der Waals surface area contributed by atoms with Gasteiger partial charge >= 0.3 is 0 Å². The molecule has 0 unspecified atom stereocenters. The molecule has 1 aromatic heterocycles. The first-order chi connectivity index (χ1) is 9.08. The molecule has 1 aliphatic carbocycles. The van der Waals surface area contributed by atoms with Crippen LogP contribution in [0, 0.1) is 11.8 Å². The highest BCUT2D eigenvalue weighted by Crippen LogP contribution is 2.29. The fraction of sp³-hybridized carbons (Fsp3) is 0.750. The molecule has 0 saturated heterocycles. The predicted octanol–water partition coefficient (Wildman–Crippen LogP) is 1.02. The van der Waals surface area contributed by atoms with E-state index in [1.165, 1.54) is 35.6 Å². The van der Waals surface area contributed by atoms with Gasteiger partial charge in [-0.25, -0.2) is 4.68 Å². The van der Waals surface area contributed by atoms with Crippen LogP contribution >= 0.6 is 11.8 Å². The van der Waals surface area contributed by atoms with Crippen molar-refractivity contribution in [3.05, 3.63) is 6.33 Å². The lowest BCUT2D eigenvalue weighted by Crippen LogP contribution is -2.44. The summed E-state index contributed by atoms with van der Waals surface area (Å²) >= 11 is 1.30. The summed E-state index contributed by atoms with van der Waals surface area (Å²) in [7, 11) is 0. The zero-order chi connectivity index (χ0) is 13.8. The van der Waals surface area contributed by atoms with Gasteiger partial charge < -0.3 is 11.2 Å². The van der Waals surface area contributed by atoms with Gasteiger partial charge in [0.15, 0.2) is 0 Å². The maximum atomic E-state index is 11.9. The number of hydrogen-bond acceptors (Lipinski definition) is 5. The minimum absolute atomic E-state index is 0.0407. The molecule has 0 aromatic carbocycles. The van der Waals surface area contributed by atoms with Gasteiger partial charge in [-0.1, -0.05) is 38.5 Å². The lowest BCUT2D eigenvalue weighted by atomic mass is 9.78. The Bertz CT molecular complexity index is 436. The second-order valence-electron chi connectivity index (χ2n) is 5.25. The van der Waals surface area contributed by atoms with Crippen LogP contribution in [0.5, 0.6) is 0 Å². The van der Waals surface area contributed by atoms with E-state index >= 15 is 0 Å². The first-order valence-corrected chi connectivity index (χ1v) is 7.63. The molecule has 3 N–H and O–H groups in total. The molecular formula is C12H21N5OS. The van der Waals surface area contributed by atoms with E-state index in [1.807, 2.05) is 0 Å². The fourth-order valence-electron chi connectivity index (χ4n) is 2.50. The second-order valence-corrected chi connectivity index (χ2v) is 6.19. The van der Waals surface area contributed by atoms with Crippen LogP contribution in [0.1, 0.15) is 33.1 Å². The Labute approximate surface area is 117 Å². The minimum atomic E-state index is 0.0407. The van der Waals surface area contributed by atoms with Crippen molar-refractivity contribution >= 4 is 17.7 Å². The molecule has 6 nitrogen and oxygen atoms in total. The number of nitrogens with two attached hydrogens (primary N) is 1. The Morgan fingerprint density at radius 3 is 3.05 bits per heavy atom. The van der Waals surface area contributed by atoms with Crippen molar-refractivity contribution in [3.63, 3.8) is 0 Å². The number of nitrogens with zero attached hydrogens (tertiary/aromatic N) is 3. The average molecular weight is 283 g/mol. The minimum Gasteiger partial charge on any atom is -0.352 e. The molecule has 3 atom stereocenters. The summed E-state index contributed by atoms with van der Waals surface area (Å²) in [6.45, 7) is 4.48. The zero-order valence-corrected chi connectivity index (χ0v) is 12.2. The number of thioether (sulfide) groups is 1. The molecule has 19 heavy (non-hydrogen) atoms. The predicted molar refractivity (Wildman–Crippen MR) is 75.0 cm³/mol. The molecule has 2 rings (SSSR count). The third-order valence-corrected chi connectivity index (χ3v) is 4.88. The number of hydrogen-bond donors (Lipinski definition) is 2. The number of rotatable bonds is 4. The molecule has 1 heterocycles. The molecule has 0 radical (unpaired) electrons. The van der Waals surface area contributed by atoms with Crippen LogP contribution in [-0.2, 0) is 4.79 Å². The lowest BCUT2D eigenvalue weighted by Gasteiger charge is -2.34. The second kappa shape index (κ2) is 6.27. The Kier molecular flexibility index (Phi) is 4.68. The van der Waals surface area contributed by atoms with Gasteiger partial charge in [0.05, 0.1) is 5.75 Å². The summed E-state index contributed by atoms with van der Waals surface area (Å²) in [5.74, 6) is 7.18. The van der Waals surface area contributed by atoms with E-state index in [1.54, 1.807) is 0 Å². The normalized spacial score (nSPS) is 27.2. The van der Waals surface area contributed by atoms with Crippen molar-refractivity contribution in [1.29, 1.82) is 0 Å². The van der Waals surface area contributed by atoms with Crippen LogP contribution in [0.3, 0.4) is 0 Å². The molecule has 0 aliphatic heterocycles. The van der Waals surface area contributed by atoms with Crippen molar-refractivity contribution in [2.24, 2.45) is 11.8 Å². The molecule has 0 spiro atoms. The lowest BCUT2D eigenvalue weighted by molar-refractivity contribution is -0.120. The van der Waals surface area contributed by atoms with Crippen molar-refractivity contribution in [3.8, 4) is 0 Å². The third-order valence-electron chi connectivity index (χ3n) is 3.93. The summed E-state index contributed by atoms with van der Waals surface area (Å²) in [6.07, 6.45) is 4.96. The van der Waals surface area contributed by atoms with Gasteiger partial charge in [0, 0.05) is 6.04 Å². The van der Waals surface area contributed by atoms with Gasteiger partial charge in [-0.05, 0) is 18.3 Å². The standard InChI is InChI=1S/C12H21N5OS/c1-8-4-3-5-10(9(8)2)15-11(18)6-19-12-16-14-7-17(12)13/h7-10H,3-6,13H2,1-2H3,(H,15,18)/t8-,9-,10+/m1/s1. The fourth-order valence-corrected chi connectivity index (χ4v) is 3.14. The number of carbonyl (C=O) groups excluding carboxylic acids is 1. The highest BCUT2D eigenvalue weighted by atomic mass is 32.2. The average Bonchev–Trinajstić information content (AvgIpc) is 2.78. The van der Waals surface area contributed by atoms with Gasteiger partial charge in [0.1, 0.15) is 6.33 Å². The molecular weight excluding hydrogens is 262 g/mol. The number of amides is 1. The Hall–Kier alpha value is -1.24. The Morgan fingerprint density at radius 1 is 1.58 bits per heavy atom. The SMILES string of the molecule is C[C@@H]1[C@H](C)CCC[C@@H]1NC(=O)CSc1nncn1N. The van der Waals surface area contributed by atoms with Crippen LogP contribution in [-0.4, -0.2) is 32.6 Å². The first-order valence-electron chi connectivity index (χ1n) is 6.65. The molecule has 1 aliphatic rings. The van der Waals surface area contributed by atoms with E-state index < -0.39 is 0 Å². The zero-order valence-electron chi connectivity index (χ0n) is 11.4. The van der Waals surface area contributed by atoms with E-state index in [9.17, 15) is 4.79 Å². The number of nitrogens with one attached hydrogen (secondary N) is 1. The molecule has 7 heteroatoms. The van der Waals surface area contributed by atoms with E-state index in [0.29, 0.717) is 28.8 Å². The van der Waals surface area contributed by atoms with E-state index in [2.05, 4.69) is 29.4 Å². The Balaban J connectivity index is 1.79. The van der Waals surface area contributed by atoms with Crippen LogP contribution < -0.4 is 11.2 Å². The molecule has 1 fully saturated rings. The maximum absolute atomic E-state index is 11.9. The van der Waals surface area contributed by atoms with E-state index in [4.69, 9.17) is 5.84 Å². The maximum Gasteiger partial charge on any atom is 0.230 e. The smallest absolute Gasteiger partial charge is 0.230 e. The first kappa shape index (κ1) is 14.2. The van der Waals surface area contributed by atoms with Crippen LogP contribution in [0.15, 0.2) is 11.5 Å². The Morgan fingerprint density at radius 2 is 2.37 bits per heavy atom. The number of aromatic nitrogens is 3. The summed E-state index contributed by atoms with van der Waals surface area (Å²) in [6, 6.07) is 0.299. The highest BCUT2D eigenvalue weighted by molar-refractivity contribution is 7.99. The summed E-state index contributed by atoms with van der Waals surface area (Å²) in [5, 5.41) is 11.2. The van der Waals surface area contributed by atoms with Crippen LogP contribution in [0.25, 0.3) is 0 Å². The van der Waals surface area contributed by atoms with Gasteiger partial charge in [-0.15, -0.1) is 10.2 Å². The van der Waals surface area contributed by atoms with Crippen molar-refractivity contribution in [2.45, 2.75) is 44.3 Å². The quantitative estimate of drug-likeness (QED) is 0.636. The van der Waals surface area contributed by atoms with Gasteiger partial charge in [-0.3, -0.25) is 4.79 Å². The van der Waals surface area contributed by atoms with Gasteiger partial charge in [0.2, 0.25) is 11.1 Å². The topological polar surface area (TPSA) is 85.8 Å². The summed E-state index contributed by atoms with van der Waals surface area (Å²) in [4.78, 5) is 11.9. The molecule has 0 bridgehead atoms. The van der Waals surface area contributed by atoms with Crippen molar-refractivity contribution < 1.29 is 4.79 Å². The van der Waals surface area contributed by atoms with Crippen LogP contribution in [0.2, 0.25) is 0 Å². The largest absolute Gasteiger partial charge is 0.352 e. The summed E-state index contributed by atoms with van der Waals surface area (Å²) in [5.41, 5.74) is 0. The van der Waals surface area contributed by atoms with Gasteiger partial charge in [-0.2, -0.15) is 0 Å². The number of carbonyl (C=O) groups is 1.